The number of urea groups is 1. The molecule has 0 unspecified atom stereocenters. The van der Waals surface area contributed by atoms with Crippen LogP contribution in [-0.4, -0.2) is 72.3 Å². The van der Waals surface area contributed by atoms with Gasteiger partial charge in [-0.3, -0.25) is 0 Å². The van der Waals surface area contributed by atoms with E-state index < -0.39 is 10.0 Å². The van der Waals surface area contributed by atoms with Crippen LogP contribution in [-0.2, 0) is 16.4 Å². The van der Waals surface area contributed by atoms with E-state index in [1.54, 1.807) is 4.90 Å². The molecule has 1 aromatic heterocycles. The largest absolute Gasteiger partial charge is 0.339 e. The fraction of sp³-hybridized carbons (Fsp3) is 0.800. The summed E-state index contributed by atoms with van der Waals surface area (Å²) in [7, 11) is -3.37. The standard InChI is InChI=1S/C15H25N5O4S/c1-3-7-16-15(21)19-9-12(10-19)20(25(2,22)23)8-6-13-17-14(24-18-13)11-4-5-11/h11-12H,3-10H2,1-2H3,(H,16,21). The maximum atomic E-state index is 12.1. The minimum absolute atomic E-state index is 0.140. The third-order valence-corrected chi connectivity index (χ3v) is 5.81. The smallest absolute Gasteiger partial charge is 0.317 e. The van der Waals surface area contributed by atoms with Crippen molar-refractivity contribution in [2.24, 2.45) is 0 Å². The monoisotopic (exact) mass is 371 g/mol. The molecular weight excluding hydrogens is 346 g/mol. The molecule has 1 aliphatic heterocycles. The van der Waals surface area contributed by atoms with Crippen LogP contribution in [0.5, 0.6) is 0 Å². The van der Waals surface area contributed by atoms with E-state index in [0.29, 0.717) is 43.7 Å². The number of hydrogen-bond donors (Lipinski definition) is 1. The highest BCUT2D eigenvalue weighted by Gasteiger charge is 2.38. The van der Waals surface area contributed by atoms with Gasteiger partial charge < -0.3 is 14.7 Å². The van der Waals surface area contributed by atoms with E-state index in [1.165, 1.54) is 10.6 Å². The fourth-order valence-electron chi connectivity index (χ4n) is 2.84. The van der Waals surface area contributed by atoms with E-state index in [4.69, 9.17) is 4.52 Å². The molecule has 0 bridgehead atoms. The lowest BCUT2D eigenvalue weighted by Gasteiger charge is -2.44. The van der Waals surface area contributed by atoms with E-state index in [-0.39, 0.29) is 18.6 Å². The Bertz CT molecular complexity index is 709. The van der Waals surface area contributed by atoms with Crippen LogP contribution in [0.2, 0.25) is 0 Å². The second kappa shape index (κ2) is 7.28. The SMILES string of the molecule is CCCNC(=O)N1CC(N(CCc2noc(C3CC3)n2)S(C)(=O)=O)C1. The van der Waals surface area contributed by atoms with Crippen molar-refractivity contribution in [3.8, 4) is 0 Å². The van der Waals surface area contributed by atoms with Crippen LogP contribution in [0.3, 0.4) is 0 Å². The van der Waals surface area contributed by atoms with Crippen LogP contribution in [0.15, 0.2) is 4.52 Å². The highest BCUT2D eigenvalue weighted by molar-refractivity contribution is 7.88. The highest BCUT2D eigenvalue weighted by atomic mass is 32.2. The van der Waals surface area contributed by atoms with Gasteiger partial charge in [0.15, 0.2) is 5.82 Å². The lowest BCUT2D eigenvalue weighted by molar-refractivity contribution is 0.101. The van der Waals surface area contributed by atoms with Crippen molar-refractivity contribution in [3.05, 3.63) is 11.7 Å². The van der Waals surface area contributed by atoms with Crippen LogP contribution in [0.4, 0.5) is 4.79 Å². The second-order valence-corrected chi connectivity index (χ2v) is 8.67. The Labute approximate surface area is 147 Å². The zero-order valence-electron chi connectivity index (χ0n) is 14.6. The normalized spacial score (nSPS) is 18.4. The summed E-state index contributed by atoms with van der Waals surface area (Å²) in [5.41, 5.74) is 0. The Morgan fingerprint density at radius 2 is 2.12 bits per heavy atom. The predicted octanol–water partition coefficient (Wildman–Crippen LogP) is 0.555. The molecule has 2 fully saturated rings. The maximum Gasteiger partial charge on any atom is 0.317 e. The third-order valence-electron chi connectivity index (χ3n) is 4.48. The van der Waals surface area contributed by atoms with E-state index in [9.17, 15) is 13.2 Å². The molecule has 140 valence electrons. The van der Waals surface area contributed by atoms with Gasteiger partial charge in [-0.25, -0.2) is 13.2 Å². The zero-order valence-corrected chi connectivity index (χ0v) is 15.5. The number of aromatic nitrogens is 2. The summed E-state index contributed by atoms with van der Waals surface area (Å²) in [6, 6.07) is -0.337. The Kier molecular flexibility index (Phi) is 5.28. The first-order valence-electron chi connectivity index (χ1n) is 8.70. The van der Waals surface area contributed by atoms with Gasteiger partial charge in [-0.1, -0.05) is 12.1 Å². The first-order chi connectivity index (χ1) is 11.9. The number of nitrogens with zero attached hydrogens (tertiary/aromatic N) is 4. The van der Waals surface area contributed by atoms with Crippen LogP contribution in [0.1, 0.15) is 43.8 Å². The first kappa shape index (κ1) is 18.1. The van der Waals surface area contributed by atoms with Gasteiger partial charge in [-0.15, -0.1) is 0 Å². The molecule has 2 heterocycles. The summed E-state index contributed by atoms with van der Waals surface area (Å²) < 4.78 is 30.8. The lowest BCUT2D eigenvalue weighted by Crippen LogP contribution is -2.64. The average molecular weight is 371 g/mol. The summed E-state index contributed by atoms with van der Waals surface area (Å²) in [5, 5.41) is 6.73. The molecule has 25 heavy (non-hydrogen) atoms. The fourth-order valence-corrected chi connectivity index (χ4v) is 3.94. The molecule has 9 nitrogen and oxygen atoms in total. The number of rotatable bonds is 8. The number of carbonyl (C=O) groups excluding carboxylic acids is 1. The molecule has 1 N–H and O–H groups in total. The van der Waals surface area contributed by atoms with Crippen molar-refractivity contribution in [1.82, 2.24) is 24.7 Å². The predicted molar refractivity (Wildman–Crippen MR) is 90.6 cm³/mol. The number of carbonyl (C=O) groups is 1. The van der Waals surface area contributed by atoms with Crippen molar-refractivity contribution < 1.29 is 17.7 Å². The molecule has 3 rings (SSSR count). The summed E-state index contributed by atoms with van der Waals surface area (Å²) in [6.45, 7) is 3.70. The topological polar surface area (TPSA) is 109 Å². The van der Waals surface area contributed by atoms with Crippen molar-refractivity contribution >= 4 is 16.1 Å². The highest BCUT2D eigenvalue weighted by Crippen LogP contribution is 2.38. The van der Waals surface area contributed by atoms with E-state index in [0.717, 1.165) is 19.3 Å². The first-order valence-corrected chi connectivity index (χ1v) is 10.6. The third kappa shape index (κ3) is 4.49. The Balaban J connectivity index is 1.53. The summed E-state index contributed by atoms with van der Waals surface area (Å²) in [4.78, 5) is 17.8. The molecule has 0 atom stereocenters. The number of amides is 2. The molecule has 1 aromatic rings. The van der Waals surface area contributed by atoms with Gasteiger partial charge >= 0.3 is 6.03 Å². The van der Waals surface area contributed by atoms with Crippen LogP contribution in [0.25, 0.3) is 0 Å². The van der Waals surface area contributed by atoms with E-state index in [1.807, 2.05) is 6.92 Å². The zero-order chi connectivity index (χ0) is 18.0. The Morgan fingerprint density at radius 3 is 2.72 bits per heavy atom. The average Bonchev–Trinajstić information content (AvgIpc) is 3.25. The van der Waals surface area contributed by atoms with Crippen LogP contribution < -0.4 is 5.32 Å². The molecule has 1 saturated heterocycles. The van der Waals surface area contributed by atoms with Crippen molar-refractivity contribution in [2.45, 2.75) is 44.6 Å². The molecule has 2 amide bonds. The molecule has 0 aromatic carbocycles. The molecule has 1 saturated carbocycles. The van der Waals surface area contributed by atoms with Gasteiger partial charge in [0.25, 0.3) is 0 Å². The molecule has 10 heteroatoms. The summed E-state index contributed by atoms with van der Waals surface area (Å²) >= 11 is 0. The molecule has 2 aliphatic rings. The van der Waals surface area contributed by atoms with Gasteiger partial charge in [0, 0.05) is 38.5 Å². The molecule has 0 radical (unpaired) electrons. The number of likely N-dealkylation sites (tertiary alicyclic amines) is 1. The second-order valence-electron chi connectivity index (χ2n) is 6.74. The quantitative estimate of drug-likeness (QED) is 0.715. The maximum absolute atomic E-state index is 12.1. The molecule has 0 spiro atoms. The van der Waals surface area contributed by atoms with Crippen molar-refractivity contribution in [1.29, 1.82) is 0 Å². The molecular formula is C15H25N5O4S. The van der Waals surface area contributed by atoms with Crippen LogP contribution >= 0.6 is 0 Å². The number of nitrogens with one attached hydrogen (secondary N) is 1. The Hall–Kier alpha value is -1.68. The van der Waals surface area contributed by atoms with Gasteiger partial charge in [0.2, 0.25) is 15.9 Å². The summed E-state index contributed by atoms with van der Waals surface area (Å²) in [5.74, 6) is 1.57. The van der Waals surface area contributed by atoms with Gasteiger partial charge in [0.05, 0.1) is 12.3 Å². The summed E-state index contributed by atoms with van der Waals surface area (Å²) in [6.07, 6.45) is 4.62. The lowest BCUT2D eigenvalue weighted by atomic mass is 10.1. The molecule has 1 aliphatic carbocycles. The number of sulfonamides is 1. The van der Waals surface area contributed by atoms with Gasteiger partial charge in [0.1, 0.15) is 0 Å². The van der Waals surface area contributed by atoms with E-state index >= 15 is 0 Å². The van der Waals surface area contributed by atoms with Gasteiger partial charge in [-0.05, 0) is 19.3 Å². The minimum atomic E-state index is -3.37. The van der Waals surface area contributed by atoms with Crippen molar-refractivity contribution in [3.63, 3.8) is 0 Å². The van der Waals surface area contributed by atoms with Gasteiger partial charge in [-0.2, -0.15) is 9.29 Å². The van der Waals surface area contributed by atoms with Crippen molar-refractivity contribution in [2.75, 3.05) is 32.4 Å². The van der Waals surface area contributed by atoms with Crippen LogP contribution in [0, 0.1) is 0 Å². The minimum Gasteiger partial charge on any atom is -0.339 e. The Morgan fingerprint density at radius 1 is 1.40 bits per heavy atom. The number of hydrogen-bond acceptors (Lipinski definition) is 6. The van der Waals surface area contributed by atoms with E-state index in [2.05, 4.69) is 15.5 Å².